The Labute approximate surface area is 91.4 Å². The second-order valence-electron chi connectivity index (χ2n) is 3.42. The Morgan fingerprint density at radius 1 is 1.53 bits per heavy atom. The highest BCUT2D eigenvalue weighted by Gasteiger charge is 1.93. The van der Waals surface area contributed by atoms with Crippen molar-refractivity contribution in [3.8, 4) is 0 Å². The Morgan fingerprint density at radius 2 is 2.20 bits per heavy atom. The molecule has 0 unspecified atom stereocenters. The van der Waals surface area contributed by atoms with Gasteiger partial charge in [0.05, 0.1) is 0 Å². The van der Waals surface area contributed by atoms with E-state index < -0.39 is 0 Å². The molecule has 84 valence electrons. The lowest BCUT2D eigenvalue weighted by Gasteiger charge is -2.08. The fourth-order valence-corrected chi connectivity index (χ4v) is 0.789. The van der Waals surface area contributed by atoms with Gasteiger partial charge in [0.1, 0.15) is 0 Å². The van der Waals surface area contributed by atoms with Crippen molar-refractivity contribution >= 4 is 12.6 Å². The number of aliphatic imine (C=N–C) groups is 1. The zero-order valence-electron chi connectivity index (χ0n) is 9.66. The van der Waals surface area contributed by atoms with Gasteiger partial charge >= 0.3 is 0 Å². The maximum absolute atomic E-state index is 11.2. The second-order valence-corrected chi connectivity index (χ2v) is 3.42. The van der Waals surface area contributed by atoms with Gasteiger partial charge in [-0.15, -0.1) is 0 Å². The highest BCUT2D eigenvalue weighted by molar-refractivity contribution is 5.87. The Balaban J connectivity index is 3.79. The van der Waals surface area contributed by atoms with Crippen molar-refractivity contribution in [3.05, 3.63) is 23.9 Å². The summed E-state index contributed by atoms with van der Waals surface area (Å²) >= 11 is 0. The third-order valence-electron chi connectivity index (χ3n) is 1.69. The van der Waals surface area contributed by atoms with Gasteiger partial charge in [-0.05, 0) is 33.8 Å². The molecule has 1 amide bonds. The van der Waals surface area contributed by atoms with E-state index in [4.69, 9.17) is 0 Å². The van der Waals surface area contributed by atoms with Crippen LogP contribution in [0.15, 0.2) is 28.9 Å². The van der Waals surface area contributed by atoms with Crippen LogP contribution in [0.25, 0.3) is 0 Å². The summed E-state index contributed by atoms with van der Waals surface area (Å²) < 4.78 is 0. The van der Waals surface area contributed by atoms with Crippen molar-refractivity contribution in [1.29, 1.82) is 0 Å². The molecule has 0 saturated heterocycles. The molecule has 0 aromatic rings. The summed E-state index contributed by atoms with van der Waals surface area (Å²) in [5, 5.41) is 2.76. The summed E-state index contributed by atoms with van der Waals surface area (Å²) in [6.45, 7) is 6.68. The highest BCUT2D eigenvalue weighted by Crippen LogP contribution is 1.91. The summed E-state index contributed by atoms with van der Waals surface area (Å²) in [5.74, 6) is -0.0926. The summed E-state index contributed by atoms with van der Waals surface area (Å²) in [4.78, 5) is 16.9. The van der Waals surface area contributed by atoms with Crippen molar-refractivity contribution < 1.29 is 4.79 Å². The molecule has 0 saturated carbocycles. The molecule has 0 fully saturated rings. The number of hydrogen-bond donors (Lipinski definition) is 1. The lowest BCUT2D eigenvalue weighted by molar-refractivity contribution is -0.116. The van der Waals surface area contributed by atoms with E-state index in [1.807, 2.05) is 25.9 Å². The monoisotopic (exact) mass is 209 g/mol. The van der Waals surface area contributed by atoms with E-state index in [1.165, 1.54) is 6.08 Å². The molecule has 4 heteroatoms. The van der Waals surface area contributed by atoms with Gasteiger partial charge in [0, 0.05) is 24.9 Å². The van der Waals surface area contributed by atoms with E-state index in [0.717, 1.165) is 12.2 Å². The molecule has 15 heavy (non-hydrogen) atoms. The molecule has 0 aromatic carbocycles. The molecular formula is C11H19N3O. The minimum atomic E-state index is -0.0926. The first-order valence-electron chi connectivity index (χ1n) is 4.80. The van der Waals surface area contributed by atoms with E-state index in [0.29, 0.717) is 6.54 Å². The van der Waals surface area contributed by atoms with Crippen LogP contribution in [0, 0.1) is 0 Å². The molecule has 0 aliphatic heterocycles. The Bertz CT molecular complexity index is 267. The Kier molecular flexibility index (Phi) is 7.18. The van der Waals surface area contributed by atoms with Gasteiger partial charge in [0.2, 0.25) is 5.91 Å². The summed E-state index contributed by atoms with van der Waals surface area (Å²) in [6, 6.07) is 0. The number of allylic oxidation sites excluding steroid dienone is 3. The maximum Gasteiger partial charge on any atom is 0.244 e. The normalized spacial score (nSPS) is 12.1. The van der Waals surface area contributed by atoms with Crippen LogP contribution in [0.3, 0.4) is 0 Å². The number of rotatable bonds is 6. The average Bonchev–Trinajstić information content (AvgIpc) is 2.17. The van der Waals surface area contributed by atoms with Gasteiger partial charge in [-0.2, -0.15) is 0 Å². The van der Waals surface area contributed by atoms with Crippen LogP contribution in [0.2, 0.25) is 0 Å². The number of nitrogens with one attached hydrogen (secondary N) is 1. The third-order valence-corrected chi connectivity index (χ3v) is 1.69. The summed E-state index contributed by atoms with van der Waals surface area (Å²) in [6.07, 6.45) is 4.87. The van der Waals surface area contributed by atoms with Crippen LogP contribution in [0.1, 0.15) is 6.92 Å². The average molecular weight is 209 g/mol. The SMILES string of the molecule is C=N/C(C)=C\C=C\C(=O)NCCN(C)C. The van der Waals surface area contributed by atoms with E-state index in [-0.39, 0.29) is 5.91 Å². The lowest BCUT2D eigenvalue weighted by Crippen LogP contribution is -2.30. The van der Waals surface area contributed by atoms with Crippen LogP contribution >= 0.6 is 0 Å². The summed E-state index contributed by atoms with van der Waals surface area (Å²) in [5.41, 5.74) is 0.785. The quantitative estimate of drug-likeness (QED) is 0.400. The molecule has 0 bridgehead atoms. The van der Waals surface area contributed by atoms with E-state index in [9.17, 15) is 4.79 Å². The van der Waals surface area contributed by atoms with E-state index >= 15 is 0 Å². The highest BCUT2D eigenvalue weighted by atomic mass is 16.1. The van der Waals surface area contributed by atoms with Crippen molar-refractivity contribution in [2.75, 3.05) is 27.2 Å². The number of nitrogens with zero attached hydrogens (tertiary/aromatic N) is 2. The van der Waals surface area contributed by atoms with Gasteiger partial charge in [0.25, 0.3) is 0 Å². The number of carbonyl (C=O) groups excluding carboxylic acids is 1. The first kappa shape index (κ1) is 13.6. The summed E-state index contributed by atoms with van der Waals surface area (Å²) in [7, 11) is 3.92. The first-order valence-corrected chi connectivity index (χ1v) is 4.80. The van der Waals surface area contributed by atoms with Gasteiger partial charge < -0.3 is 10.2 Å². The number of likely N-dealkylation sites (N-methyl/N-ethyl adjacent to an activating group) is 1. The molecule has 0 rings (SSSR count). The molecule has 0 aromatic heterocycles. The minimum Gasteiger partial charge on any atom is -0.351 e. The second kappa shape index (κ2) is 7.94. The van der Waals surface area contributed by atoms with Gasteiger partial charge in [0.15, 0.2) is 0 Å². The minimum absolute atomic E-state index is 0.0926. The van der Waals surface area contributed by atoms with Crippen LogP contribution in [-0.2, 0) is 4.79 Å². The third kappa shape index (κ3) is 8.90. The van der Waals surface area contributed by atoms with Crippen LogP contribution in [-0.4, -0.2) is 44.7 Å². The van der Waals surface area contributed by atoms with Crippen molar-refractivity contribution in [3.63, 3.8) is 0 Å². The zero-order chi connectivity index (χ0) is 11.7. The standard InChI is InChI=1S/C11H19N3O/c1-10(12-2)6-5-7-11(15)13-8-9-14(3)4/h5-7H,2,8-9H2,1,3-4H3,(H,13,15)/b7-5+,10-6-. The molecule has 0 heterocycles. The van der Waals surface area contributed by atoms with Gasteiger partial charge in [-0.25, -0.2) is 0 Å². The fourth-order valence-electron chi connectivity index (χ4n) is 0.789. The van der Waals surface area contributed by atoms with Crippen molar-refractivity contribution in [2.45, 2.75) is 6.92 Å². The Morgan fingerprint density at radius 3 is 2.73 bits per heavy atom. The molecule has 0 aliphatic rings. The molecule has 0 radical (unpaired) electrons. The Hall–Kier alpha value is -1.42. The van der Waals surface area contributed by atoms with Gasteiger partial charge in [-0.1, -0.05) is 6.08 Å². The smallest absolute Gasteiger partial charge is 0.244 e. The molecule has 0 atom stereocenters. The van der Waals surface area contributed by atoms with Crippen molar-refractivity contribution in [2.24, 2.45) is 4.99 Å². The fraction of sp³-hybridized carbons (Fsp3) is 0.455. The predicted molar refractivity (Wildman–Crippen MR) is 64.0 cm³/mol. The number of amides is 1. The van der Waals surface area contributed by atoms with Crippen molar-refractivity contribution in [1.82, 2.24) is 10.2 Å². The number of hydrogen-bond acceptors (Lipinski definition) is 3. The van der Waals surface area contributed by atoms with Crippen LogP contribution in [0.4, 0.5) is 0 Å². The molecule has 1 N–H and O–H groups in total. The van der Waals surface area contributed by atoms with Gasteiger partial charge in [-0.3, -0.25) is 9.79 Å². The van der Waals surface area contributed by atoms with Crippen LogP contribution < -0.4 is 5.32 Å². The molecule has 4 nitrogen and oxygen atoms in total. The number of carbonyl (C=O) groups is 1. The topological polar surface area (TPSA) is 44.7 Å². The van der Waals surface area contributed by atoms with E-state index in [1.54, 1.807) is 12.2 Å². The van der Waals surface area contributed by atoms with Crippen LogP contribution in [0.5, 0.6) is 0 Å². The predicted octanol–water partition coefficient (Wildman–Crippen LogP) is 0.825. The zero-order valence-corrected chi connectivity index (χ0v) is 9.66. The molecular weight excluding hydrogens is 190 g/mol. The van der Waals surface area contributed by atoms with E-state index in [2.05, 4.69) is 17.0 Å². The maximum atomic E-state index is 11.2. The molecule has 0 spiro atoms. The molecule has 0 aliphatic carbocycles. The first-order chi connectivity index (χ1) is 7.06. The largest absolute Gasteiger partial charge is 0.351 e. The lowest BCUT2D eigenvalue weighted by atomic mass is 10.4.